The Morgan fingerprint density at radius 2 is 1.56 bits per heavy atom. The van der Waals surface area contributed by atoms with Gasteiger partial charge in [0.05, 0.1) is 33.9 Å². The number of nitrogens with one attached hydrogen (secondary N) is 2. The third-order valence-electron chi connectivity index (χ3n) is 16.0. The fraction of sp³-hybridized carbons (Fsp3) is 0.508. The second kappa shape index (κ2) is 26.7. The largest absolute Gasteiger partial charge is 0.391 e. The quantitative estimate of drug-likeness (QED) is 0.0391. The lowest BCUT2D eigenvalue weighted by Gasteiger charge is -2.35. The fourth-order valence-electron chi connectivity index (χ4n) is 11.4. The van der Waals surface area contributed by atoms with E-state index in [2.05, 4.69) is 56.5 Å². The van der Waals surface area contributed by atoms with Crippen molar-refractivity contribution in [1.82, 2.24) is 40.2 Å². The Morgan fingerprint density at radius 1 is 0.838 bits per heavy atom. The van der Waals surface area contributed by atoms with E-state index in [1.165, 1.54) is 4.90 Å². The van der Waals surface area contributed by atoms with E-state index in [1.807, 2.05) is 100 Å². The number of allylic oxidation sites excluding steroid dienone is 4. The third-order valence-corrected chi connectivity index (χ3v) is 17.0. The van der Waals surface area contributed by atoms with Gasteiger partial charge in [0.25, 0.3) is 0 Å². The number of amides is 3. The molecule has 5 aromatic rings. The molecule has 3 atom stereocenters. The maximum atomic E-state index is 14.1. The highest BCUT2D eigenvalue weighted by Crippen LogP contribution is 2.36. The van der Waals surface area contributed by atoms with E-state index in [-0.39, 0.29) is 73.5 Å². The lowest BCUT2D eigenvalue weighted by atomic mass is 9.76. The maximum absolute atomic E-state index is 14.1. The van der Waals surface area contributed by atoms with Crippen LogP contribution < -0.4 is 15.5 Å². The lowest BCUT2D eigenvalue weighted by Crippen LogP contribution is -2.50. The van der Waals surface area contributed by atoms with Crippen molar-refractivity contribution in [2.24, 2.45) is 11.3 Å². The zero-order chi connectivity index (χ0) is 57.3. The van der Waals surface area contributed by atoms with Crippen LogP contribution in [0.25, 0.3) is 32.5 Å². The molecule has 0 bridgehead atoms. The molecule has 17 heteroatoms. The number of β-amino-alcohol motifs (C(OH)–C–C–N with tert-alkyl or cyclic N) is 1. The summed E-state index contributed by atoms with van der Waals surface area (Å²) in [6.45, 7) is 20.8. The van der Waals surface area contributed by atoms with Crippen LogP contribution in [-0.2, 0) is 30.5 Å². The van der Waals surface area contributed by atoms with Crippen molar-refractivity contribution in [2.75, 3.05) is 50.7 Å². The van der Waals surface area contributed by atoms with Gasteiger partial charge in [-0.1, -0.05) is 69.5 Å². The molecule has 2 saturated heterocycles. The molecule has 0 saturated carbocycles. The summed E-state index contributed by atoms with van der Waals surface area (Å²) in [5, 5.41) is 22.1. The van der Waals surface area contributed by atoms with Gasteiger partial charge in [0.2, 0.25) is 17.7 Å². The van der Waals surface area contributed by atoms with Gasteiger partial charge in [-0.05, 0) is 111 Å². The van der Waals surface area contributed by atoms with Crippen LogP contribution in [0.4, 0.5) is 5.82 Å². The van der Waals surface area contributed by atoms with Crippen molar-refractivity contribution < 1.29 is 33.9 Å². The lowest BCUT2D eigenvalue weighted by molar-refractivity contribution is -0.146. The van der Waals surface area contributed by atoms with Gasteiger partial charge in [-0.2, -0.15) is 5.10 Å². The number of hydrogen-bond donors (Lipinski definition) is 3. The van der Waals surface area contributed by atoms with E-state index in [9.17, 15) is 33.9 Å². The van der Waals surface area contributed by atoms with E-state index in [1.54, 1.807) is 17.5 Å². The van der Waals surface area contributed by atoms with Crippen molar-refractivity contribution in [3.05, 3.63) is 106 Å². The van der Waals surface area contributed by atoms with Crippen molar-refractivity contribution in [2.45, 2.75) is 151 Å². The normalized spacial score (nSPS) is 17.6. The molecule has 3 amide bonds. The zero-order valence-corrected chi connectivity index (χ0v) is 48.9. The first-order chi connectivity index (χ1) is 38.2. The van der Waals surface area contributed by atoms with Gasteiger partial charge in [-0.25, -0.2) is 9.97 Å². The van der Waals surface area contributed by atoms with Crippen molar-refractivity contribution >= 4 is 63.1 Å². The zero-order valence-electron chi connectivity index (χ0n) is 48.1. The van der Waals surface area contributed by atoms with Crippen molar-refractivity contribution in [3.63, 3.8) is 0 Å². The Kier molecular flexibility index (Phi) is 19.8. The van der Waals surface area contributed by atoms with Crippen LogP contribution >= 0.6 is 11.3 Å². The van der Waals surface area contributed by atoms with Gasteiger partial charge >= 0.3 is 0 Å². The molecule has 2 aliphatic heterocycles. The number of carbonyl (C=O) groups is 6. The van der Waals surface area contributed by atoms with E-state index in [4.69, 9.17) is 4.98 Å². The molecule has 5 heterocycles. The van der Waals surface area contributed by atoms with Crippen LogP contribution in [-0.4, -0.2) is 128 Å². The highest BCUT2D eigenvalue weighted by atomic mass is 32.1. The summed E-state index contributed by atoms with van der Waals surface area (Å²) in [5.74, 6) is -0.262. The van der Waals surface area contributed by atoms with Gasteiger partial charge in [-0.15, -0.1) is 11.3 Å². The first-order valence-electron chi connectivity index (χ1n) is 28.7. The van der Waals surface area contributed by atoms with Crippen LogP contribution in [0.2, 0.25) is 0 Å². The Balaban J connectivity index is 0.721. The summed E-state index contributed by atoms with van der Waals surface area (Å²) in [6.07, 6.45) is 9.89. The number of Topliss-reactive ketones (excluding diaryl/α,β-unsaturated/α-hetero) is 3. The number of aromatic nitrogens is 4. The molecule has 0 unspecified atom stereocenters. The number of rotatable bonds is 24. The third kappa shape index (κ3) is 15.0. The molecular weight excluding hydrogens is 1030 g/mol. The molecule has 0 spiro atoms. The fourth-order valence-corrected chi connectivity index (χ4v) is 12.2. The molecule has 16 nitrogen and oxygen atoms in total. The molecule has 2 fully saturated rings. The number of benzene rings is 2. The topological polar surface area (TPSA) is 200 Å². The number of thiazole rings is 1. The summed E-state index contributed by atoms with van der Waals surface area (Å²) < 4.78 is 1.94. The van der Waals surface area contributed by atoms with Gasteiger partial charge in [0.1, 0.15) is 17.6 Å². The number of likely N-dealkylation sites (tertiary alicyclic amines) is 1. The smallest absolute Gasteiger partial charge is 0.243 e. The average molecular weight is 1110 g/mol. The number of carbonyl (C=O) groups excluding carboxylic acids is 6. The number of anilines is 1. The first kappa shape index (κ1) is 59.4. The molecular formula is C63H81N9O7S. The van der Waals surface area contributed by atoms with Crippen LogP contribution in [0.15, 0.2) is 89.2 Å². The summed E-state index contributed by atoms with van der Waals surface area (Å²) >= 11 is 1.58. The number of unbranched alkanes of at least 4 members (excludes halogenated alkanes) is 3. The van der Waals surface area contributed by atoms with Crippen LogP contribution in [0.1, 0.15) is 147 Å². The number of pyridine rings is 1. The summed E-state index contributed by atoms with van der Waals surface area (Å²) in [6, 6.07) is 15.3. The summed E-state index contributed by atoms with van der Waals surface area (Å²) in [5.41, 5.74) is 10.2. The average Bonchev–Trinajstić information content (AvgIpc) is 4.18. The van der Waals surface area contributed by atoms with Crippen LogP contribution in [0.3, 0.4) is 0 Å². The van der Waals surface area contributed by atoms with E-state index in [0.717, 1.165) is 118 Å². The molecule has 0 radical (unpaired) electrons. The van der Waals surface area contributed by atoms with Crippen LogP contribution in [0, 0.1) is 18.3 Å². The highest BCUT2D eigenvalue weighted by molar-refractivity contribution is 7.13. The Bertz CT molecular complexity index is 3110. The van der Waals surface area contributed by atoms with Gasteiger partial charge in [-0.3, -0.25) is 38.3 Å². The molecule has 3 aliphatic rings. The second-order valence-electron chi connectivity index (χ2n) is 23.6. The predicted octanol–water partition coefficient (Wildman–Crippen LogP) is 9.79. The van der Waals surface area contributed by atoms with E-state index >= 15 is 0 Å². The highest BCUT2D eigenvalue weighted by Gasteiger charge is 2.44. The number of aliphatic hydroxyl groups excluding tert-OH is 1. The Labute approximate surface area is 475 Å². The van der Waals surface area contributed by atoms with Crippen molar-refractivity contribution in [1.29, 1.82) is 0 Å². The number of aliphatic hydroxyl groups is 1. The Morgan fingerprint density at radius 3 is 2.23 bits per heavy atom. The standard InChI is InChI=1S/C63H81N9O7S/c1-40(2)72-54-32-47(31-51(52(54)37-68-72)56(75)21-20-50-42(4)29-41(3)30-57(50)76)46-19-22-58(65-36-46)70-27-25-69(26-28-70)24-23-64-59(77)14-12-10-9-11-13-48(73)33-53(63(6,7)8)62(79)71-38-49(74)34-55(71)61(78)66-35-44-15-17-45(18-16-44)60-43(5)67-39-80-60/h15-19,22,29,31-32,36-37,39-40,49,53,55,74H,9-14,20-21,23-28,30,33-35,38H2,1-8H3,(H,64,77)(H,66,78)/t49-,53-,55+/m1/s1. The molecule has 2 aromatic carbocycles. The SMILES string of the molecule is CC1=CC(C)=C(CCC(=O)c2cc(-c3ccc(N4CCN(CCNC(=O)CCCCCCC(=O)C[C@H](C(=O)N5C[C@H](O)C[C@H]5C(=O)NCc5ccc(-c6scnc6C)cc5)C(C)(C)C)CC4)nc3)cc3c2cnn3C(C)C)C(=O)C1. The molecule has 3 N–H and O–H groups in total. The maximum Gasteiger partial charge on any atom is 0.243 e. The number of fused-ring (bicyclic) bond motifs is 1. The molecule has 426 valence electrons. The molecule has 1 aliphatic carbocycles. The summed E-state index contributed by atoms with van der Waals surface area (Å²) in [4.78, 5) is 96.9. The number of piperazine rings is 1. The summed E-state index contributed by atoms with van der Waals surface area (Å²) in [7, 11) is 0. The van der Waals surface area contributed by atoms with Gasteiger partial charge in [0.15, 0.2) is 11.6 Å². The van der Waals surface area contributed by atoms with Crippen LogP contribution in [0.5, 0.6) is 0 Å². The van der Waals surface area contributed by atoms with Gasteiger partial charge in [0, 0.05) is 126 Å². The number of ketones is 3. The molecule has 8 rings (SSSR count). The van der Waals surface area contributed by atoms with E-state index in [0.29, 0.717) is 44.2 Å². The molecule has 3 aromatic heterocycles. The minimum absolute atomic E-state index is 0.00297. The van der Waals surface area contributed by atoms with E-state index < -0.39 is 23.5 Å². The van der Waals surface area contributed by atoms with Gasteiger partial charge < -0.3 is 25.5 Å². The number of nitrogens with zero attached hydrogens (tertiary/aromatic N) is 7. The monoisotopic (exact) mass is 1110 g/mol. The first-order valence-corrected chi connectivity index (χ1v) is 29.5. The number of aryl methyl sites for hydroxylation is 1. The minimum atomic E-state index is -0.829. The molecule has 80 heavy (non-hydrogen) atoms. The van der Waals surface area contributed by atoms with Crippen molar-refractivity contribution in [3.8, 4) is 21.6 Å². The predicted molar refractivity (Wildman–Crippen MR) is 315 cm³/mol. The minimum Gasteiger partial charge on any atom is -0.391 e. The Hall–Kier alpha value is -6.69. The number of hydrogen-bond acceptors (Lipinski definition) is 13. The second-order valence-corrected chi connectivity index (χ2v) is 24.4.